The predicted octanol–water partition coefficient (Wildman–Crippen LogP) is 3.06. The third-order valence-electron chi connectivity index (χ3n) is 3.63. The molecule has 0 saturated carbocycles. The molecule has 0 aliphatic carbocycles. The second kappa shape index (κ2) is 6.71. The fourth-order valence-electron chi connectivity index (χ4n) is 2.51. The van der Waals surface area contributed by atoms with E-state index in [-0.39, 0.29) is 5.78 Å². The maximum atomic E-state index is 11.6. The fourth-order valence-corrected chi connectivity index (χ4v) is 2.51. The van der Waals surface area contributed by atoms with Crippen LogP contribution in [0.15, 0.2) is 18.2 Å². The number of rotatable bonds is 5. The summed E-state index contributed by atoms with van der Waals surface area (Å²) in [6.07, 6.45) is 3.94. The van der Waals surface area contributed by atoms with Crippen molar-refractivity contribution in [2.75, 3.05) is 26.2 Å². The standard InChI is InChI=1S/C16H23NO2/c1-13-6-7-16(15(12-13)14(2)18)19-11-10-17-8-4-3-5-9-17/h6-7,12H,3-5,8-11H2,1-2H3. The van der Waals surface area contributed by atoms with Gasteiger partial charge in [0.1, 0.15) is 12.4 Å². The summed E-state index contributed by atoms with van der Waals surface area (Å²) in [5.74, 6) is 0.784. The molecule has 1 aromatic carbocycles. The highest BCUT2D eigenvalue weighted by atomic mass is 16.5. The first-order chi connectivity index (χ1) is 9.16. The third kappa shape index (κ3) is 4.06. The summed E-state index contributed by atoms with van der Waals surface area (Å²) < 4.78 is 5.79. The highest BCUT2D eigenvalue weighted by molar-refractivity contribution is 5.97. The molecule has 0 spiro atoms. The van der Waals surface area contributed by atoms with Crippen LogP contribution in [0.25, 0.3) is 0 Å². The summed E-state index contributed by atoms with van der Waals surface area (Å²) in [7, 11) is 0. The minimum atomic E-state index is 0.0664. The van der Waals surface area contributed by atoms with Gasteiger partial charge in [-0.2, -0.15) is 0 Å². The molecule has 3 nitrogen and oxygen atoms in total. The van der Waals surface area contributed by atoms with Gasteiger partial charge in [-0.25, -0.2) is 0 Å². The van der Waals surface area contributed by atoms with E-state index in [1.807, 2.05) is 25.1 Å². The van der Waals surface area contributed by atoms with Crippen LogP contribution in [-0.4, -0.2) is 36.9 Å². The van der Waals surface area contributed by atoms with E-state index < -0.39 is 0 Å². The monoisotopic (exact) mass is 261 g/mol. The highest BCUT2D eigenvalue weighted by Gasteiger charge is 2.11. The summed E-state index contributed by atoms with van der Waals surface area (Å²) in [6, 6.07) is 5.80. The van der Waals surface area contributed by atoms with Gasteiger partial charge in [0, 0.05) is 6.54 Å². The van der Waals surface area contributed by atoms with Crippen LogP contribution in [0.3, 0.4) is 0 Å². The Hall–Kier alpha value is -1.35. The Morgan fingerprint density at radius 3 is 2.68 bits per heavy atom. The number of piperidine rings is 1. The van der Waals surface area contributed by atoms with E-state index >= 15 is 0 Å². The number of carbonyl (C=O) groups is 1. The van der Waals surface area contributed by atoms with Gasteiger partial charge in [-0.05, 0) is 51.9 Å². The van der Waals surface area contributed by atoms with Gasteiger partial charge < -0.3 is 4.74 Å². The molecule has 0 bridgehead atoms. The van der Waals surface area contributed by atoms with Gasteiger partial charge in [0.15, 0.2) is 5.78 Å². The Balaban J connectivity index is 1.89. The van der Waals surface area contributed by atoms with Gasteiger partial charge in [-0.1, -0.05) is 18.1 Å². The lowest BCUT2D eigenvalue weighted by Gasteiger charge is -2.26. The van der Waals surface area contributed by atoms with Gasteiger partial charge in [-0.3, -0.25) is 9.69 Å². The number of hydrogen-bond donors (Lipinski definition) is 0. The van der Waals surface area contributed by atoms with Crippen molar-refractivity contribution in [1.82, 2.24) is 4.90 Å². The van der Waals surface area contributed by atoms with Crippen LogP contribution >= 0.6 is 0 Å². The van der Waals surface area contributed by atoms with E-state index in [9.17, 15) is 4.79 Å². The van der Waals surface area contributed by atoms with Gasteiger partial charge in [0.2, 0.25) is 0 Å². The molecule has 3 heteroatoms. The fraction of sp³-hybridized carbons (Fsp3) is 0.562. The Kier molecular flexibility index (Phi) is 4.97. The molecule has 0 radical (unpaired) electrons. The summed E-state index contributed by atoms with van der Waals surface area (Å²) in [5, 5.41) is 0. The second-order valence-electron chi connectivity index (χ2n) is 5.31. The molecule has 1 fully saturated rings. The SMILES string of the molecule is CC(=O)c1cc(C)ccc1OCCN1CCCCC1. The summed E-state index contributed by atoms with van der Waals surface area (Å²) in [5.41, 5.74) is 1.78. The molecular formula is C16H23NO2. The zero-order chi connectivity index (χ0) is 13.7. The topological polar surface area (TPSA) is 29.5 Å². The van der Waals surface area contributed by atoms with Crippen molar-refractivity contribution in [3.05, 3.63) is 29.3 Å². The van der Waals surface area contributed by atoms with Crippen molar-refractivity contribution in [1.29, 1.82) is 0 Å². The first-order valence-corrected chi connectivity index (χ1v) is 7.13. The van der Waals surface area contributed by atoms with Gasteiger partial charge in [-0.15, -0.1) is 0 Å². The van der Waals surface area contributed by atoms with Gasteiger partial charge >= 0.3 is 0 Å². The van der Waals surface area contributed by atoms with Crippen molar-refractivity contribution >= 4 is 5.78 Å². The molecule has 0 amide bonds. The second-order valence-corrected chi connectivity index (χ2v) is 5.31. The Morgan fingerprint density at radius 1 is 1.26 bits per heavy atom. The molecule has 0 atom stereocenters. The number of nitrogens with zero attached hydrogens (tertiary/aromatic N) is 1. The van der Waals surface area contributed by atoms with Crippen LogP contribution in [-0.2, 0) is 0 Å². The molecule has 1 heterocycles. The number of ketones is 1. The molecule has 0 aromatic heterocycles. The van der Waals surface area contributed by atoms with Crippen LogP contribution in [0, 0.1) is 6.92 Å². The normalized spacial score (nSPS) is 16.3. The van der Waals surface area contributed by atoms with E-state index in [0.717, 1.165) is 17.9 Å². The Bertz CT molecular complexity index is 436. The first-order valence-electron chi connectivity index (χ1n) is 7.13. The van der Waals surface area contributed by atoms with E-state index in [1.165, 1.54) is 32.4 Å². The Labute approximate surface area is 115 Å². The van der Waals surface area contributed by atoms with Crippen LogP contribution < -0.4 is 4.74 Å². The molecule has 1 aliphatic rings. The first kappa shape index (κ1) is 14.1. The van der Waals surface area contributed by atoms with Crippen LogP contribution in [0.2, 0.25) is 0 Å². The molecule has 104 valence electrons. The number of ether oxygens (including phenoxy) is 1. The zero-order valence-electron chi connectivity index (χ0n) is 11.9. The zero-order valence-corrected chi connectivity index (χ0v) is 11.9. The number of likely N-dealkylation sites (tertiary alicyclic amines) is 1. The van der Waals surface area contributed by atoms with Crippen LogP contribution in [0.1, 0.15) is 42.1 Å². The average molecular weight is 261 g/mol. The van der Waals surface area contributed by atoms with E-state index in [4.69, 9.17) is 4.74 Å². The van der Waals surface area contributed by atoms with Crippen molar-refractivity contribution in [3.63, 3.8) is 0 Å². The molecule has 2 rings (SSSR count). The molecule has 0 N–H and O–H groups in total. The van der Waals surface area contributed by atoms with Crippen LogP contribution in [0.4, 0.5) is 0 Å². The number of benzene rings is 1. The van der Waals surface area contributed by atoms with Crippen molar-refractivity contribution < 1.29 is 9.53 Å². The quantitative estimate of drug-likeness (QED) is 0.763. The Morgan fingerprint density at radius 2 is 2.00 bits per heavy atom. The summed E-state index contributed by atoms with van der Waals surface area (Å²) in [4.78, 5) is 14.0. The highest BCUT2D eigenvalue weighted by Crippen LogP contribution is 2.20. The smallest absolute Gasteiger partial charge is 0.163 e. The largest absolute Gasteiger partial charge is 0.491 e. The number of carbonyl (C=O) groups excluding carboxylic acids is 1. The predicted molar refractivity (Wildman–Crippen MR) is 77.0 cm³/mol. The van der Waals surface area contributed by atoms with Crippen molar-refractivity contribution in [3.8, 4) is 5.75 Å². The van der Waals surface area contributed by atoms with Crippen molar-refractivity contribution in [2.45, 2.75) is 33.1 Å². The molecule has 1 aliphatic heterocycles. The maximum absolute atomic E-state index is 11.6. The lowest BCUT2D eigenvalue weighted by atomic mass is 10.1. The lowest BCUT2D eigenvalue weighted by Crippen LogP contribution is -2.33. The summed E-state index contributed by atoms with van der Waals surface area (Å²) in [6.45, 7) is 7.54. The summed E-state index contributed by atoms with van der Waals surface area (Å²) >= 11 is 0. The average Bonchev–Trinajstić information content (AvgIpc) is 2.41. The van der Waals surface area contributed by atoms with E-state index in [2.05, 4.69) is 4.90 Å². The van der Waals surface area contributed by atoms with E-state index in [1.54, 1.807) is 6.92 Å². The molecule has 1 aromatic rings. The molecule has 0 unspecified atom stereocenters. The minimum absolute atomic E-state index is 0.0664. The van der Waals surface area contributed by atoms with Gasteiger partial charge in [0.05, 0.1) is 5.56 Å². The lowest BCUT2D eigenvalue weighted by molar-refractivity contribution is 0.101. The van der Waals surface area contributed by atoms with Gasteiger partial charge in [0.25, 0.3) is 0 Å². The van der Waals surface area contributed by atoms with Crippen molar-refractivity contribution in [2.24, 2.45) is 0 Å². The minimum Gasteiger partial charge on any atom is -0.491 e. The molecule has 19 heavy (non-hydrogen) atoms. The molecular weight excluding hydrogens is 238 g/mol. The van der Waals surface area contributed by atoms with Crippen LogP contribution in [0.5, 0.6) is 5.75 Å². The third-order valence-corrected chi connectivity index (χ3v) is 3.63. The number of hydrogen-bond acceptors (Lipinski definition) is 3. The molecule has 1 saturated heterocycles. The maximum Gasteiger partial charge on any atom is 0.163 e. The number of Topliss-reactive ketones (excluding diaryl/α,β-unsaturated/α-hetero) is 1. The number of aryl methyl sites for hydroxylation is 1. The van der Waals surface area contributed by atoms with E-state index in [0.29, 0.717) is 12.2 Å².